The highest BCUT2D eigenvalue weighted by Crippen LogP contribution is 2.24. The van der Waals surface area contributed by atoms with E-state index in [1.807, 2.05) is 0 Å². The van der Waals surface area contributed by atoms with Crippen LogP contribution in [0.5, 0.6) is 0 Å². The molecule has 1 aliphatic rings. The van der Waals surface area contributed by atoms with Gasteiger partial charge in [-0.1, -0.05) is 36.4 Å². The Labute approximate surface area is 113 Å². The van der Waals surface area contributed by atoms with Gasteiger partial charge in [0.15, 0.2) is 0 Å². The number of fused-ring (bicyclic) bond motifs is 4. The molecule has 3 aromatic rings. The first-order valence-corrected chi connectivity index (χ1v) is 7.06. The van der Waals surface area contributed by atoms with E-state index in [-0.39, 0.29) is 0 Å². The Hall–Kier alpha value is -2.02. The quantitative estimate of drug-likeness (QED) is 0.617. The van der Waals surface area contributed by atoms with E-state index in [0.717, 1.165) is 25.7 Å². The molecule has 1 nitrogen and oxygen atoms in total. The number of nitrogens with one attached hydrogen (secondary N) is 1. The lowest BCUT2D eigenvalue weighted by molar-refractivity contribution is 0.914. The molecule has 2 bridgehead atoms. The van der Waals surface area contributed by atoms with Crippen LogP contribution >= 0.6 is 0 Å². The largest absolute Gasteiger partial charge is 0.362 e. The van der Waals surface area contributed by atoms with E-state index >= 15 is 0 Å². The average Bonchev–Trinajstić information content (AvgIpc) is 2.92. The van der Waals surface area contributed by atoms with Gasteiger partial charge in [-0.3, -0.25) is 0 Å². The molecule has 1 heteroatoms. The van der Waals surface area contributed by atoms with E-state index in [2.05, 4.69) is 53.5 Å². The zero-order valence-corrected chi connectivity index (χ0v) is 10.9. The molecule has 94 valence electrons. The summed E-state index contributed by atoms with van der Waals surface area (Å²) >= 11 is 0. The molecule has 19 heavy (non-hydrogen) atoms. The van der Waals surface area contributed by atoms with Crippen LogP contribution in [0, 0.1) is 0 Å². The topological polar surface area (TPSA) is 15.8 Å². The highest BCUT2D eigenvalue weighted by Gasteiger charge is 2.10. The fraction of sp³-hybridized carbons (Fsp3) is 0.222. The normalized spacial score (nSPS) is 14.5. The third-order valence-corrected chi connectivity index (χ3v) is 4.20. The summed E-state index contributed by atoms with van der Waals surface area (Å²) in [6.07, 6.45) is 4.51. The second kappa shape index (κ2) is 4.27. The summed E-state index contributed by atoms with van der Waals surface area (Å²) < 4.78 is 0. The Bertz CT molecular complexity index is 675. The predicted molar refractivity (Wildman–Crippen MR) is 79.6 cm³/mol. The van der Waals surface area contributed by atoms with Crippen molar-refractivity contribution >= 4 is 10.8 Å². The second-order valence-electron chi connectivity index (χ2n) is 5.48. The predicted octanol–water partition coefficient (Wildman–Crippen LogP) is 4.05. The highest BCUT2D eigenvalue weighted by molar-refractivity contribution is 5.84. The van der Waals surface area contributed by atoms with Crippen molar-refractivity contribution in [3.63, 3.8) is 0 Å². The maximum Gasteiger partial charge on any atom is 0.0152 e. The van der Waals surface area contributed by atoms with Gasteiger partial charge in [0.05, 0.1) is 0 Å². The van der Waals surface area contributed by atoms with E-state index < -0.39 is 0 Å². The Morgan fingerprint density at radius 2 is 1.16 bits per heavy atom. The molecule has 0 spiro atoms. The number of rotatable bonds is 0. The molecule has 1 N–H and O–H groups in total. The molecule has 4 rings (SSSR count). The second-order valence-corrected chi connectivity index (χ2v) is 5.48. The minimum Gasteiger partial charge on any atom is -0.362 e. The van der Waals surface area contributed by atoms with Crippen LogP contribution in [0.2, 0.25) is 0 Å². The Morgan fingerprint density at radius 1 is 0.632 bits per heavy atom. The molecule has 0 radical (unpaired) electrons. The smallest absolute Gasteiger partial charge is 0.0152 e. The summed E-state index contributed by atoms with van der Waals surface area (Å²) in [4.78, 5) is 3.53. The lowest BCUT2D eigenvalue weighted by Crippen LogP contribution is -1.98. The molecule has 0 fully saturated rings. The molecule has 0 saturated carbocycles. The van der Waals surface area contributed by atoms with Crippen molar-refractivity contribution in [3.8, 4) is 0 Å². The number of aromatic amines is 1. The molecule has 2 heterocycles. The van der Waals surface area contributed by atoms with E-state index in [4.69, 9.17) is 0 Å². The van der Waals surface area contributed by atoms with E-state index in [9.17, 15) is 0 Å². The maximum absolute atomic E-state index is 3.53. The molecule has 2 aromatic carbocycles. The van der Waals surface area contributed by atoms with Crippen molar-refractivity contribution in [2.75, 3.05) is 0 Å². The third kappa shape index (κ3) is 1.95. The molecular formula is C18H17N. The number of aryl methyl sites for hydroxylation is 4. The standard InChI is InChI=1S/C18H17N/c1-2-4-14-12-16-6-8-18-10-9-17(19-18)7-5-15(16)11-13(14)3-1/h1-4,9-12,19H,5-8H2. The Balaban J connectivity index is 1.83. The first-order valence-electron chi connectivity index (χ1n) is 7.06. The van der Waals surface area contributed by atoms with E-state index in [0.29, 0.717) is 0 Å². The minimum atomic E-state index is 1.12. The fourth-order valence-electron chi connectivity index (χ4n) is 3.12. The summed E-state index contributed by atoms with van der Waals surface area (Å²) in [6.45, 7) is 0. The van der Waals surface area contributed by atoms with Gasteiger partial charge in [0.2, 0.25) is 0 Å². The molecule has 1 aliphatic heterocycles. The van der Waals surface area contributed by atoms with Gasteiger partial charge < -0.3 is 4.98 Å². The monoisotopic (exact) mass is 247 g/mol. The van der Waals surface area contributed by atoms with Gasteiger partial charge in [0, 0.05) is 11.4 Å². The van der Waals surface area contributed by atoms with Crippen LogP contribution in [0.1, 0.15) is 22.5 Å². The molecular weight excluding hydrogens is 230 g/mol. The SMILES string of the molecule is c1ccc2cc3c(cc2c1)CCc1ccc([nH]1)CC3. The number of aromatic nitrogens is 1. The van der Waals surface area contributed by atoms with Crippen molar-refractivity contribution in [3.05, 3.63) is 71.0 Å². The number of hydrogen-bond acceptors (Lipinski definition) is 0. The van der Waals surface area contributed by atoms with Crippen LogP contribution in [0.4, 0.5) is 0 Å². The van der Waals surface area contributed by atoms with Crippen LogP contribution in [0.3, 0.4) is 0 Å². The van der Waals surface area contributed by atoms with Crippen LogP contribution < -0.4 is 0 Å². The highest BCUT2D eigenvalue weighted by atomic mass is 14.7. The van der Waals surface area contributed by atoms with Crippen LogP contribution in [-0.2, 0) is 25.7 Å². The van der Waals surface area contributed by atoms with Crippen molar-refractivity contribution in [2.24, 2.45) is 0 Å². The fourth-order valence-corrected chi connectivity index (χ4v) is 3.12. The number of benzene rings is 2. The first-order chi connectivity index (χ1) is 9.38. The molecule has 0 unspecified atom stereocenters. The van der Waals surface area contributed by atoms with E-state index in [1.54, 1.807) is 0 Å². The number of hydrogen-bond donors (Lipinski definition) is 1. The van der Waals surface area contributed by atoms with Gasteiger partial charge in [0.25, 0.3) is 0 Å². The first kappa shape index (κ1) is 10.9. The summed E-state index contributed by atoms with van der Waals surface area (Å²) in [7, 11) is 0. The van der Waals surface area contributed by atoms with Gasteiger partial charge in [-0.05, 0) is 59.7 Å². The average molecular weight is 247 g/mol. The van der Waals surface area contributed by atoms with Gasteiger partial charge in [-0.15, -0.1) is 0 Å². The summed E-state index contributed by atoms with van der Waals surface area (Å²) in [6, 6.07) is 17.9. The third-order valence-electron chi connectivity index (χ3n) is 4.20. The molecule has 1 aromatic heterocycles. The van der Waals surface area contributed by atoms with Crippen molar-refractivity contribution in [1.29, 1.82) is 0 Å². The molecule has 0 saturated heterocycles. The van der Waals surface area contributed by atoms with Gasteiger partial charge in [0.1, 0.15) is 0 Å². The lowest BCUT2D eigenvalue weighted by Gasteiger charge is -2.10. The lowest BCUT2D eigenvalue weighted by atomic mass is 9.94. The van der Waals surface area contributed by atoms with Crippen LogP contribution in [-0.4, -0.2) is 4.98 Å². The maximum atomic E-state index is 3.53. The zero-order chi connectivity index (χ0) is 12.7. The Morgan fingerprint density at radius 3 is 1.68 bits per heavy atom. The summed E-state index contributed by atoms with van der Waals surface area (Å²) in [5.41, 5.74) is 5.79. The van der Waals surface area contributed by atoms with Gasteiger partial charge >= 0.3 is 0 Å². The number of H-pyrrole nitrogens is 1. The Kier molecular flexibility index (Phi) is 2.44. The van der Waals surface area contributed by atoms with Crippen molar-refractivity contribution in [2.45, 2.75) is 25.7 Å². The van der Waals surface area contributed by atoms with Gasteiger partial charge in [-0.2, -0.15) is 0 Å². The van der Waals surface area contributed by atoms with Crippen LogP contribution in [0.25, 0.3) is 10.8 Å². The summed E-state index contributed by atoms with van der Waals surface area (Å²) in [5.74, 6) is 0. The zero-order valence-electron chi connectivity index (χ0n) is 10.9. The summed E-state index contributed by atoms with van der Waals surface area (Å²) in [5, 5.41) is 2.73. The van der Waals surface area contributed by atoms with E-state index in [1.165, 1.54) is 33.3 Å². The van der Waals surface area contributed by atoms with Crippen molar-refractivity contribution in [1.82, 2.24) is 4.98 Å². The molecule has 0 atom stereocenters. The van der Waals surface area contributed by atoms with Crippen LogP contribution in [0.15, 0.2) is 48.5 Å². The molecule has 0 aliphatic carbocycles. The van der Waals surface area contributed by atoms with Crippen molar-refractivity contribution < 1.29 is 0 Å². The minimum absolute atomic E-state index is 1.12. The van der Waals surface area contributed by atoms with Gasteiger partial charge in [-0.25, -0.2) is 0 Å². The molecule has 0 amide bonds.